The summed E-state index contributed by atoms with van der Waals surface area (Å²) in [6, 6.07) is 14.8. The van der Waals surface area contributed by atoms with Crippen molar-refractivity contribution in [3.8, 4) is 0 Å². The molecule has 2 aromatic rings. The molecule has 0 spiro atoms. The van der Waals surface area contributed by atoms with E-state index in [0.29, 0.717) is 32.6 Å². The Labute approximate surface area is 157 Å². The van der Waals surface area contributed by atoms with Crippen molar-refractivity contribution in [2.24, 2.45) is 0 Å². The van der Waals surface area contributed by atoms with Gasteiger partial charge < -0.3 is 20.2 Å². The van der Waals surface area contributed by atoms with Gasteiger partial charge in [0.25, 0.3) is 0 Å². The molecule has 7 heteroatoms. The molecule has 0 radical (unpaired) electrons. The largest absolute Gasteiger partial charge is 0.465 e. The van der Waals surface area contributed by atoms with Gasteiger partial charge in [0.1, 0.15) is 11.9 Å². The second-order valence-corrected chi connectivity index (χ2v) is 6.48. The number of rotatable bonds is 5. The molecule has 2 N–H and O–H groups in total. The zero-order chi connectivity index (χ0) is 19.2. The number of carbonyl (C=O) groups excluding carboxylic acids is 1. The van der Waals surface area contributed by atoms with E-state index >= 15 is 0 Å². The molecule has 27 heavy (non-hydrogen) atoms. The number of nitrogens with one attached hydrogen (secondary N) is 1. The molecule has 0 aromatic heterocycles. The maximum absolute atomic E-state index is 13.1. The number of anilines is 1. The van der Waals surface area contributed by atoms with Crippen LogP contribution in [0, 0.1) is 5.82 Å². The molecule has 1 saturated heterocycles. The fraction of sp³-hybridized carbons (Fsp3) is 0.300. The summed E-state index contributed by atoms with van der Waals surface area (Å²) in [6.45, 7) is 2.20. The van der Waals surface area contributed by atoms with Crippen molar-refractivity contribution in [1.82, 2.24) is 10.2 Å². The first-order chi connectivity index (χ1) is 13.0. The quantitative estimate of drug-likeness (QED) is 0.846. The van der Waals surface area contributed by atoms with E-state index in [4.69, 9.17) is 5.11 Å². The second kappa shape index (κ2) is 8.53. The van der Waals surface area contributed by atoms with Gasteiger partial charge in [0.15, 0.2) is 0 Å². The number of hydrogen-bond acceptors (Lipinski definition) is 3. The Morgan fingerprint density at radius 2 is 1.63 bits per heavy atom. The maximum Gasteiger partial charge on any atom is 0.405 e. The molecule has 1 aliphatic heterocycles. The molecule has 1 heterocycles. The number of hydrogen-bond donors (Lipinski definition) is 2. The summed E-state index contributed by atoms with van der Waals surface area (Å²) in [4.78, 5) is 27.8. The fourth-order valence-electron chi connectivity index (χ4n) is 3.26. The number of halogens is 1. The van der Waals surface area contributed by atoms with Gasteiger partial charge in [0.2, 0.25) is 5.91 Å². The summed E-state index contributed by atoms with van der Waals surface area (Å²) in [5, 5.41) is 11.4. The topological polar surface area (TPSA) is 72.9 Å². The third-order valence-corrected chi connectivity index (χ3v) is 4.66. The van der Waals surface area contributed by atoms with Crippen molar-refractivity contribution in [2.75, 3.05) is 31.1 Å². The van der Waals surface area contributed by atoms with Gasteiger partial charge in [-0.1, -0.05) is 30.3 Å². The van der Waals surface area contributed by atoms with E-state index in [9.17, 15) is 14.0 Å². The van der Waals surface area contributed by atoms with Crippen LogP contribution in [0.25, 0.3) is 0 Å². The van der Waals surface area contributed by atoms with Gasteiger partial charge in [-0.3, -0.25) is 4.79 Å². The van der Waals surface area contributed by atoms with Gasteiger partial charge in [-0.25, -0.2) is 9.18 Å². The lowest BCUT2D eigenvalue weighted by molar-refractivity contribution is -0.133. The van der Waals surface area contributed by atoms with Crippen molar-refractivity contribution in [2.45, 2.75) is 12.5 Å². The summed E-state index contributed by atoms with van der Waals surface area (Å²) in [6.07, 6.45) is -0.904. The molecular weight excluding hydrogens is 349 g/mol. The van der Waals surface area contributed by atoms with Crippen molar-refractivity contribution >= 4 is 17.7 Å². The lowest BCUT2D eigenvalue weighted by atomic mass is 10.0. The minimum atomic E-state index is -1.21. The molecule has 6 nitrogen and oxygen atoms in total. The van der Waals surface area contributed by atoms with Crippen LogP contribution in [0.15, 0.2) is 54.6 Å². The highest BCUT2D eigenvalue weighted by Crippen LogP contribution is 2.17. The first-order valence-electron chi connectivity index (χ1n) is 8.85. The van der Waals surface area contributed by atoms with Crippen LogP contribution in [-0.2, 0) is 11.2 Å². The smallest absolute Gasteiger partial charge is 0.405 e. The molecule has 0 saturated carbocycles. The van der Waals surface area contributed by atoms with Crippen LogP contribution >= 0.6 is 0 Å². The van der Waals surface area contributed by atoms with Crippen molar-refractivity contribution in [3.63, 3.8) is 0 Å². The van der Waals surface area contributed by atoms with Crippen molar-refractivity contribution in [3.05, 3.63) is 66.0 Å². The fourth-order valence-corrected chi connectivity index (χ4v) is 3.26. The Kier molecular flexibility index (Phi) is 5.90. The lowest BCUT2D eigenvalue weighted by Gasteiger charge is -2.37. The summed E-state index contributed by atoms with van der Waals surface area (Å²) in [7, 11) is 0. The highest BCUT2D eigenvalue weighted by Gasteiger charge is 2.29. The Bertz CT molecular complexity index is 775. The van der Waals surface area contributed by atoms with Crippen molar-refractivity contribution in [1.29, 1.82) is 0 Å². The summed E-state index contributed by atoms with van der Waals surface area (Å²) in [5.41, 5.74) is 1.81. The molecule has 0 bridgehead atoms. The molecule has 1 fully saturated rings. The molecule has 2 amide bonds. The van der Waals surface area contributed by atoms with E-state index < -0.39 is 12.1 Å². The van der Waals surface area contributed by atoms with Gasteiger partial charge in [0.05, 0.1) is 0 Å². The van der Waals surface area contributed by atoms with E-state index in [0.717, 1.165) is 11.3 Å². The van der Waals surface area contributed by atoms with E-state index in [1.807, 2.05) is 30.3 Å². The maximum atomic E-state index is 13.1. The van der Waals surface area contributed by atoms with Crippen LogP contribution < -0.4 is 10.2 Å². The minimum absolute atomic E-state index is 0.222. The molecule has 1 atom stereocenters. The second-order valence-electron chi connectivity index (χ2n) is 6.48. The predicted octanol–water partition coefficient (Wildman–Crippen LogP) is 2.35. The summed E-state index contributed by atoms with van der Waals surface area (Å²) in [5.74, 6) is -0.504. The van der Waals surface area contributed by atoms with Gasteiger partial charge in [-0.2, -0.15) is 0 Å². The van der Waals surface area contributed by atoms with Crippen LogP contribution in [-0.4, -0.2) is 54.2 Å². The Hall–Kier alpha value is -3.09. The monoisotopic (exact) mass is 371 g/mol. The van der Waals surface area contributed by atoms with Crippen LogP contribution in [0.2, 0.25) is 0 Å². The predicted molar refractivity (Wildman–Crippen MR) is 100 cm³/mol. The summed E-state index contributed by atoms with van der Waals surface area (Å²) < 4.78 is 13.1. The zero-order valence-electron chi connectivity index (χ0n) is 14.8. The number of carboxylic acid groups (broad SMARTS) is 1. The van der Waals surface area contributed by atoms with E-state index in [2.05, 4.69) is 10.2 Å². The standard InChI is InChI=1S/C20H22FN3O3/c21-16-6-8-17(9-7-16)23-10-12-24(13-11-23)19(25)18(22-20(26)27)14-15-4-2-1-3-5-15/h1-9,18,22H,10-14H2,(H,26,27). The number of carbonyl (C=O) groups is 2. The zero-order valence-corrected chi connectivity index (χ0v) is 14.8. The van der Waals surface area contributed by atoms with Gasteiger partial charge in [0, 0.05) is 38.3 Å². The summed E-state index contributed by atoms with van der Waals surface area (Å²) >= 11 is 0. The van der Waals surface area contributed by atoms with Crippen LogP contribution in [0.4, 0.5) is 14.9 Å². The lowest BCUT2D eigenvalue weighted by Crippen LogP contribution is -2.55. The minimum Gasteiger partial charge on any atom is -0.465 e. The van der Waals surface area contributed by atoms with Gasteiger partial charge >= 0.3 is 6.09 Å². The first kappa shape index (κ1) is 18.7. The molecular formula is C20H22FN3O3. The Morgan fingerprint density at radius 3 is 2.22 bits per heavy atom. The molecule has 1 aliphatic rings. The molecule has 1 unspecified atom stereocenters. The average Bonchev–Trinajstić information content (AvgIpc) is 2.68. The number of benzene rings is 2. The van der Waals surface area contributed by atoms with E-state index in [1.165, 1.54) is 12.1 Å². The molecule has 2 aromatic carbocycles. The van der Waals surface area contributed by atoms with Crippen LogP contribution in [0.1, 0.15) is 5.56 Å². The highest BCUT2D eigenvalue weighted by atomic mass is 19.1. The van der Waals surface area contributed by atoms with E-state index in [-0.39, 0.29) is 11.7 Å². The third-order valence-electron chi connectivity index (χ3n) is 4.66. The molecule has 3 rings (SSSR count). The molecule has 0 aliphatic carbocycles. The Balaban J connectivity index is 1.62. The van der Waals surface area contributed by atoms with Crippen LogP contribution in [0.5, 0.6) is 0 Å². The van der Waals surface area contributed by atoms with Crippen LogP contribution in [0.3, 0.4) is 0 Å². The van der Waals surface area contributed by atoms with Gasteiger partial charge in [-0.05, 0) is 29.8 Å². The Morgan fingerprint density at radius 1 is 1.00 bits per heavy atom. The number of amides is 2. The normalized spacial score (nSPS) is 15.3. The van der Waals surface area contributed by atoms with Gasteiger partial charge in [-0.15, -0.1) is 0 Å². The average molecular weight is 371 g/mol. The third kappa shape index (κ3) is 4.97. The van der Waals surface area contributed by atoms with E-state index in [1.54, 1.807) is 17.0 Å². The molecule has 142 valence electrons. The number of nitrogens with zero attached hydrogens (tertiary/aromatic N) is 2. The van der Waals surface area contributed by atoms with Crippen molar-refractivity contribution < 1.29 is 19.1 Å². The highest BCUT2D eigenvalue weighted by molar-refractivity contribution is 5.85. The first-order valence-corrected chi connectivity index (χ1v) is 8.85. The number of piperazine rings is 1. The SMILES string of the molecule is O=C(O)NC(Cc1ccccc1)C(=O)N1CCN(c2ccc(F)cc2)CC1.